The van der Waals surface area contributed by atoms with Crippen molar-refractivity contribution in [3.05, 3.63) is 101 Å². The average Bonchev–Trinajstić information content (AvgIpc) is 3.52. The second kappa shape index (κ2) is 12.2. The molecule has 0 aliphatic carbocycles. The van der Waals surface area contributed by atoms with E-state index in [4.69, 9.17) is 9.47 Å². The maximum atomic E-state index is 13.5. The third kappa shape index (κ3) is 5.62. The molecule has 1 atom stereocenters. The fourth-order valence-electron chi connectivity index (χ4n) is 4.61. The van der Waals surface area contributed by atoms with E-state index in [0.29, 0.717) is 34.3 Å². The van der Waals surface area contributed by atoms with Gasteiger partial charge < -0.3 is 14.6 Å². The summed E-state index contributed by atoms with van der Waals surface area (Å²) in [6.45, 7) is 2.76. The van der Waals surface area contributed by atoms with Gasteiger partial charge in [-0.15, -0.1) is 0 Å². The minimum Gasteiger partial charge on any atom is -0.503 e. The molecule has 204 valence electrons. The van der Waals surface area contributed by atoms with Gasteiger partial charge >= 0.3 is 0 Å². The molecule has 1 aliphatic heterocycles. The standard InChI is InChI=1S/C32H30N2O5S/c1-3-4-8-19-39-23-14-12-22(13-15-23)29-28(26(35)18-11-21-9-6-5-7-10-21)30(36)31(37)34(29)32-33-25-17-16-24(38-2)20-27(25)40-32/h5-7,9-18,20,29,36H,3-4,8,19H2,1-2H3. The summed E-state index contributed by atoms with van der Waals surface area (Å²) in [5.41, 5.74) is 2.18. The van der Waals surface area contributed by atoms with Gasteiger partial charge in [0.2, 0.25) is 0 Å². The van der Waals surface area contributed by atoms with Gasteiger partial charge in [-0.3, -0.25) is 14.5 Å². The van der Waals surface area contributed by atoms with Crippen molar-refractivity contribution in [3.8, 4) is 11.5 Å². The monoisotopic (exact) mass is 554 g/mol. The van der Waals surface area contributed by atoms with Crippen LogP contribution in [0.15, 0.2) is 90.2 Å². The van der Waals surface area contributed by atoms with Crippen LogP contribution in [0.3, 0.4) is 0 Å². The lowest BCUT2D eigenvalue weighted by Gasteiger charge is -2.24. The van der Waals surface area contributed by atoms with Gasteiger partial charge in [-0.05, 0) is 54.0 Å². The first-order valence-electron chi connectivity index (χ1n) is 13.2. The van der Waals surface area contributed by atoms with E-state index in [0.717, 1.165) is 29.5 Å². The lowest BCUT2D eigenvalue weighted by Crippen LogP contribution is -2.30. The van der Waals surface area contributed by atoms with Gasteiger partial charge in [0.15, 0.2) is 16.7 Å². The zero-order chi connectivity index (χ0) is 28.1. The van der Waals surface area contributed by atoms with Gasteiger partial charge in [0.1, 0.15) is 11.5 Å². The number of ketones is 1. The number of hydrogen-bond acceptors (Lipinski definition) is 7. The number of benzene rings is 3. The van der Waals surface area contributed by atoms with Gasteiger partial charge in [0, 0.05) is 0 Å². The molecule has 4 aromatic rings. The van der Waals surface area contributed by atoms with Gasteiger partial charge in [-0.25, -0.2) is 4.98 Å². The minimum absolute atomic E-state index is 0.00521. The summed E-state index contributed by atoms with van der Waals surface area (Å²) in [5.74, 6) is -0.334. The molecule has 8 heteroatoms. The molecular formula is C32H30N2O5S. The second-order valence-electron chi connectivity index (χ2n) is 9.40. The van der Waals surface area contributed by atoms with Crippen molar-refractivity contribution < 1.29 is 24.2 Å². The van der Waals surface area contributed by atoms with Crippen LogP contribution in [0.2, 0.25) is 0 Å². The smallest absolute Gasteiger partial charge is 0.296 e. The van der Waals surface area contributed by atoms with Crippen LogP contribution < -0.4 is 14.4 Å². The van der Waals surface area contributed by atoms with Crippen molar-refractivity contribution in [2.24, 2.45) is 0 Å². The summed E-state index contributed by atoms with van der Waals surface area (Å²) in [5, 5.41) is 11.4. The number of aliphatic hydroxyl groups excluding tert-OH is 1. The van der Waals surface area contributed by atoms with Crippen LogP contribution >= 0.6 is 11.3 Å². The molecule has 0 bridgehead atoms. The van der Waals surface area contributed by atoms with E-state index in [1.807, 2.05) is 66.7 Å². The lowest BCUT2D eigenvalue weighted by atomic mass is 9.95. The molecule has 0 saturated carbocycles. The van der Waals surface area contributed by atoms with Crippen LogP contribution in [-0.2, 0) is 9.59 Å². The Bertz CT molecular complexity index is 1570. The predicted molar refractivity (Wildman–Crippen MR) is 158 cm³/mol. The molecule has 7 nitrogen and oxygen atoms in total. The Balaban J connectivity index is 1.52. The fourth-order valence-corrected chi connectivity index (χ4v) is 5.63. The van der Waals surface area contributed by atoms with Crippen molar-refractivity contribution in [2.45, 2.75) is 32.2 Å². The van der Waals surface area contributed by atoms with Crippen molar-refractivity contribution >= 4 is 44.5 Å². The number of ether oxygens (including phenoxy) is 2. The fraction of sp³-hybridized carbons (Fsp3) is 0.219. The lowest BCUT2D eigenvalue weighted by molar-refractivity contribution is -0.117. The van der Waals surface area contributed by atoms with Gasteiger partial charge in [-0.1, -0.05) is 79.6 Å². The SMILES string of the molecule is CCCCCOc1ccc(C2C(C(=O)C=Cc3ccccc3)=C(O)C(=O)N2c2nc3ccc(OC)cc3s2)cc1. The van der Waals surface area contributed by atoms with Gasteiger partial charge in [0.05, 0.1) is 35.5 Å². The maximum Gasteiger partial charge on any atom is 0.296 e. The van der Waals surface area contributed by atoms with E-state index >= 15 is 0 Å². The van der Waals surface area contributed by atoms with Gasteiger partial charge in [0.25, 0.3) is 5.91 Å². The molecule has 3 aromatic carbocycles. The van der Waals surface area contributed by atoms with E-state index in [2.05, 4.69) is 11.9 Å². The van der Waals surface area contributed by atoms with Crippen LogP contribution in [0.1, 0.15) is 43.4 Å². The normalized spacial score (nSPS) is 15.4. The molecule has 5 rings (SSSR count). The molecule has 2 heterocycles. The predicted octanol–water partition coefficient (Wildman–Crippen LogP) is 7.06. The Morgan fingerprint density at radius 1 is 1.05 bits per heavy atom. The molecule has 1 amide bonds. The molecule has 1 unspecified atom stereocenters. The Kier molecular flexibility index (Phi) is 8.26. The highest BCUT2D eigenvalue weighted by atomic mass is 32.1. The van der Waals surface area contributed by atoms with Crippen molar-refractivity contribution in [2.75, 3.05) is 18.6 Å². The van der Waals surface area contributed by atoms with Crippen LogP contribution in [-0.4, -0.2) is 35.5 Å². The average molecular weight is 555 g/mol. The quantitative estimate of drug-likeness (QED) is 0.158. The summed E-state index contributed by atoms with van der Waals surface area (Å²) in [6.07, 6.45) is 6.23. The summed E-state index contributed by atoms with van der Waals surface area (Å²) in [7, 11) is 1.59. The number of anilines is 1. The number of amides is 1. The highest BCUT2D eigenvalue weighted by Gasteiger charge is 2.45. The maximum absolute atomic E-state index is 13.5. The highest BCUT2D eigenvalue weighted by molar-refractivity contribution is 7.22. The Morgan fingerprint density at radius 3 is 2.52 bits per heavy atom. The second-order valence-corrected chi connectivity index (χ2v) is 10.4. The van der Waals surface area contributed by atoms with Crippen molar-refractivity contribution in [1.29, 1.82) is 0 Å². The Hall–Kier alpha value is -4.43. The minimum atomic E-state index is -0.864. The zero-order valence-electron chi connectivity index (χ0n) is 22.4. The van der Waals surface area contributed by atoms with Crippen LogP contribution in [0.25, 0.3) is 16.3 Å². The molecular weight excluding hydrogens is 524 g/mol. The number of nitrogens with zero attached hydrogens (tertiary/aromatic N) is 2. The van der Waals surface area contributed by atoms with E-state index in [1.165, 1.54) is 22.3 Å². The Labute approximate surface area is 237 Å². The van der Waals surface area contributed by atoms with Crippen molar-refractivity contribution in [3.63, 3.8) is 0 Å². The third-order valence-electron chi connectivity index (χ3n) is 6.70. The molecule has 1 N–H and O–H groups in total. The molecule has 0 saturated heterocycles. The number of aliphatic hydroxyl groups is 1. The summed E-state index contributed by atoms with van der Waals surface area (Å²) < 4.78 is 12.0. The van der Waals surface area contributed by atoms with Crippen molar-refractivity contribution in [1.82, 2.24) is 4.98 Å². The molecule has 1 aromatic heterocycles. The molecule has 40 heavy (non-hydrogen) atoms. The first kappa shape index (κ1) is 27.1. The topological polar surface area (TPSA) is 89.0 Å². The number of carbonyl (C=O) groups excluding carboxylic acids is 2. The van der Waals surface area contributed by atoms with Crippen LogP contribution in [0, 0.1) is 0 Å². The number of methoxy groups -OCH3 is 1. The Morgan fingerprint density at radius 2 is 1.80 bits per heavy atom. The number of aromatic nitrogens is 1. The van der Waals surface area contributed by atoms with E-state index in [-0.39, 0.29) is 5.57 Å². The first-order chi connectivity index (χ1) is 19.5. The van der Waals surface area contributed by atoms with E-state index in [1.54, 1.807) is 19.3 Å². The number of allylic oxidation sites excluding steroid dienone is 1. The number of hydrogen-bond donors (Lipinski definition) is 1. The van der Waals surface area contributed by atoms with E-state index < -0.39 is 23.5 Å². The number of unbranched alkanes of at least 4 members (excludes halogenated alkanes) is 2. The molecule has 1 aliphatic rings. The van der Waals surface area contributed by atoms with E-state index in [9.17, 15) is 14.7 Å². The number of rotatable bonds is 11. The summed E-state index contributed by atoms with van der Waals surface area (Å²) >= 11 is 1.29. The number of fused-ring (bicyclic) bond motifs is 1. The summed E-state index contributed by atoms with van der Waals surface area (Å²) in [6, 6.07) is 21.3. The molecule has 0 spiro atoms. The first-order valence-corrected chi connectivity index (χ1v) is 14.0. The summed E-state index contributed by atoms with van der Waals surface area (Å²) in [4.78, 5) is 33.1. The van der Waals surface area contributed by atoms with Gasteiger partial charge in [-0.2, -0.15) is 0 Å². The third-order valence-corrected chi connectivity index (χ3v) is 7.72. The highest BCUT2D eigenvalue weighted by Crippen LogP contribution is 2.44. The number of thiazole rings is 1. The molecule has 0 fully saturated rings. The number of carbonyl (C=O) groups is 2. The zero-order valence-corrected chi connectivity index (χ0v) is 23.2. The van der Waals surface area contributed by atoms with Crippen LogP contribution in [0.5, 0.6) is 11.5 Å². The van der Waals surface area contributed by atoms with Crippen LogP contribution in [0.4, 0.5) is 5.13 Å². The largest absolute Gasteiger partial charge is 0.503 e. The molecule has 0 radical (unpaired) electrons.